The molecule has 1 N–H and O–H groups in total. The van der Waals surface area contributed by atoms with Crippen molar-refractivity contribution in [1.82, 2.24) is 0 Å². The van der Waals surface area contributed by atoms with Crippen LogP contribution in [0.25, 0.3) is 0 Å². The fourth-order valence-corrected chi connectivity index (χ4v) is 4.34. The van der Waals surface area contributed by atoms with Crippen LogP contribution >= 0.6 is 0 Å². The van der Waals surface area contributed by atoms with E-state index >= 15 is 0 Å². The molecule has 29 heavy (non-hydrogen) atoms. The van der Waals surface area contributed by atoms with Gasteiger partial charge in [0.15, 0.2) is 0 Å². The van der Waals surface area contributed by atoms with Crippen molar-refractivity contribution in [2.24, 2.45) is 0 Å². The zero-order valence-electron chi connectivity index (χ0n) is 18.5. The van der Waals surface area contributed by atoms with Crippen LogP contribution in [-0.4, -0.2) is 86.0 Å². The summed E-state index contributed by atoms with van der Waals surface area (Å²) in [5.41, 5.74) is -0.174. The van der Waals surface area contributed by atoms with Crippen molar-refractivity contribution in [3.05, 3.63) is 29.3 Å². The fraction of sp³-hybridized carbons (Fsp3) is 0.600. The molecule has 0 unspecified atom stereocenters. The van der Waals surface area contributed by atoms with Gasteiger partial charge in [-0.2, -0.15) is 8.42 Å². The Morgan fingerprint density at radius 1 is 0.793 bits per heavy atom. The second-order valence-electron chi connectivity index (χ2n) is 7.55. The standard InChI is InChI=1S/C20H26O7S.Ba.2H/c21-19(26-16-7-3-1-4-8-16)14-11-15(13-18(12-14)28(23,24)25)20(22)27-17-9-5-2-6-10-17;;;/h11-13,16-17H,1-10H2,(H,23,24,25);;;/q;+2;2*-1. The number of carbonyl (C=O) groups is 2. The number of hydrogen-bond acceptors (Lipinski definition) is 6. The summed E-state index contributed by atoms with van der Waals surface area (Å²) in [6.07, 6.45) is 8.73. The number of rotatable bonds is 5. The number of benzene rings is 1. The molecule has 1 aromatic carbocycles. The quantitative estimate of drug-likeness (QED) is 0.339. The van der Waals surface area contributed by atoms with E-state index in [1.54, 1.807) is 0 Å². The molecule has 0 radical (unpaired) electrons. The smallest absolute Gasteiger partial charge is 1.00 e. The molecule has 3 rings (SSSR count). The van der Waals surface area contributed by atoms with Gasteiger partial charge in [0.2, 0.25) is 0 Å². The molecule has 2 saturated carbocycles. The molecule has 0 bridgehead atoms. The second-order valence-corrected chi connectivity index (χ2v) is 8.97. The van der Waals surface area contributed by atoms with Gasteiger partial charge in [-0.15, -0.1) is 0 Å². The topological polar surface area (TPSA) is 107 Å². The molecule has 2 aliphatic carbocycles. The number of ether oxygens (including phenoxy) is 2. The molecule has 158 valence electrons. The van der Waals surface area contributed by atoms with Crippen LogP contribution in [-0.2, 0) is 19.6 Å². The molecular weight excluding hydrogens is 522 g/mol. The molecule has 2 aliphatic rings. The third-order valence-corrected chi connectivity index (χ3v) is 6.16. The second kappa shape index (κ2) is 11.3. The minimum absolute atomic E-state index is 0. The van der Waals surface area contributed by atoms with Crippen LogP contribution in [0, 0.1) is 0 Å². The Bertz CT molecular complexity index is 786. The minimum Gasteiger partial charge on any atom is -1.00 e. The normalized spacial score (nSPS) is 18.5. The Balaban J connectivity index is 0.00000300. The SMILES string of the molecule is O=C(OC1CCCCC1)c1cc(C(=O)OC2CCCCC2)cc(S(=O)(=O)O)c1.[Ba+2].[H-].[H-]. The van der Waals surface area contributed by atoms with E-state index in [0.717, 1.165) is 76.3 Å². The Morgan fingerprint density at radius 3 is 1.52 bits per heavy atom. The molecule has 0 amide bonds. The predicted molar refractivity (Wildman–Crippen MR) is 109 cm³/mol. The molecule has 9 heteroatoms. The van der Waals surface area contributed by atoms with E-state index in [2.05, 4.69) is 0 Å². The maximum absolute atomic E-state index is 12.5. The van der Waals surface area contributed by atoms with Gasteiger partial charge in [0.25, 0.3) is 10.1 Å². The summed E-state index contributed by atoms with van der Waals surface area (Å²) in [4.78, 5) is 24.5. The molecule has 0 saturated heterocycles. The average Bonchev–Trinajstić information content (AvgIpc) is 2.68. The molecule has 0 spiro atoms. The van der Waals surface area contributed by atoms with Gasteiger partial charge in [-0.1, -0.05) is 12.8 Å². The first-order valence-corrected chi connectivity index (χ1v) is 11.3. The summed E-state index contributed by atoms with van der Waals surface area (Å²) >= 11 is 0. The van der Waals surface area contributed by atoms with Gasteiger partial charge in [0, 0.05) is 0 Å². The van der Waals surface area contributed by atoms with Crippen LogP contribution in [0.2, 0.25) is 0 Å². The summed E-state index contributed by atoms with van der Waals surface area (Å²) in [6, 6.07) is 3.32. The van der Waals surface area contributed by atoms with Crippen molar-refractivity contribution in [3.8, 4) is 0 Å². The first-order chi connectivity index (χ1) is 13.3. The van der Waals surface area contributed by atoms with Gasteiger partial charge in [0.1, 0.15) is 12.2 Å². The first-order valence-electron chi connectivity index (χ1n) is 9.87. The average molecular weight is 550 g/mol. The van der Waals surface area contributed by atoms with Gasteiger partial charge < -0.3 is 12.3 Å². The first kappa shape index (κ1) is 24.9. The molecule has 0 aromatic heterocycles. The summed E-state index contributed by atoms with van der Waals surface area (Å²) in [5.74, 6) is -1.41. The monoisotopic (exact) mass is 550 g/mol. The van der Waals surface area contributed by atoms with E-state index < -0.39 is 27.0 Å². The Hall–Kier alpha value is -0.359. The Labute approximate surface area is 214 Å². The third kappa shape index (κ3) is 7.37. The van der Waals surface area contributed by atoms with Crippen molar-refractivity contribution >= 4 is 70.9 Å². The molecule has 2 fully saturated rings. The zero-order valence-corrected chi connectivity index (χ0v) is 21.7. The van der Waals surface area contributed by atoms with Crippen LogP contribution in [0.15, 0.2) is 23.1 Å². The van der Waals surface area contributed by atoms with Crippen molar-refractivity contribution in [2.75, 3.05) is 0 Å². The molecule has 0 atom stereocenters. The van der Waals surface area contributed by atoms with Crippen molar-refractivity contribution in [3.63, 3.8) is 0 Å². The van der Waals surface area contributed by atoms with Gasteiger partial charge >= 0.3 is 60.8 Å². The largest absolute Gasteiger partial charge is 2.00 e. The van der Waals surface area contributed by atoms with E-state index in [4.69, 9.17) is 9.47 Å². The van der Waals surface area contributed by atoms with E-state index in [1.807, 2.05) is 0 Å². The van der Waals surface area contributed by atoms with Gasteiger partial charge in [-0.25, -0.2) is 9.59 Å². The van der Waals surface area contributed by atoms with Crippen molar-refractivity contribution < 1.29 is 34.9 Å². The molecule has 1 aromatic rings. The number of esters is 2. The molecule has 0 aliphatic heterocycles. The maximum atomic E-state index is 12.5. The van der Waals surface area contributed by atoms with E-state index in [-0.39, 0.29) is 75.1 Å². The van der Waals surface area contributed by atoms with Crippen LogP contribution in [0.1, 0.15) is 87.8 Å². The van der Waals surface area contributed by atoms with Crippen LogP contribution in [0.5, 0.6) is 0 Å². The number of hydrogen-bond donors (Lipinski definition) is 1. The summed E-state index contributed by atoms with van der Waals surface area (Å²) < 4.78 is 43.6. The van der Waals surface area contributed by atoms with Gasteiger partial charge in [-0.3, -0.25) is 4.55 Å². The van der Waals surface area contributed by atoms with E-state index in [1.165, 1.54) is 6.07 Å². The summed E-state index contributed by atoms with van der Waals surface area (Å²) in [6.45, 7) is 0. The summed E-state index contributed by atoms with van der Waals surface area (Å²) in [7, 11) is -4.60. The Kier molecular flexibility index (Phi) is 9.72. The predicted octanol–water partition coefficient (Wildman–Crippen LogP) is 3.76. The van der Waals surface area contributed by atoms with Crippen LogP contribution < -0.4 is 0 Å². The fourth-order valence-electron chi connectivity index (χ4n) is 3.79. The molecule has 0 heterocycles. The van der Waals surface area contributed by atoms with Crippen molar-refractivity contribution in [2.45, 2.75) is 81.3 Å². The molecule has 7 nitrogen and oxygen atoms in total. The van der Waals surface area contributed by atoms with Crippen molar-refractivity contribution in [1.29, 1.82) is 0 Å². The summed E-state index contributed by atoms with van der Waals surface area (Å²) in [5, 5.41) is 0. The third-order valence-electron chi connectivity index (χ3n) is 5.33. The zero-order chi connectivity index (χ0) is 20.1. The van der Waals surface area contributed by atoms with E-state index in [9.17, 15) is 22.6 Å². The maximum Gasteiger partial charge on any atom is 2.00 e. The number of carbonyl (C=O) groups excluding carboxylic acids is 2. The Morgan fingerprint density at radius 2 is 1.17 bits per heavy atom. The van der Waals surface area contributed by atoms with E-state index in [0.29, 0.717) is 0 Å². The van der Waals surface area contributed by atoms with Crippen LogP contribution in [0.4, 0.5) is 0 Å². The van der Waals surface area contributed by atoms with Gasteiger partial charge in [-0.05, 0) is 69.6 Å². The van der Waals surface area contributed by atoms with Crippen LogP contribution in [0.3, 0.4) is 0 Å². The van der Waals surface area contributed by atoms with Gasteiger partial charge in [0.05, 0.1) is 16.0 Å². The minimum atomic E-state index is -4.60. The molecular formula is C20H28BaO7S.